The maximum Gasteiger partial charge on any atom is 0.245 e. The van der Waals surface area contributed by atoms with Crippen LogP contribution in [0.1, 0.15) is 10.3 Å². The van der Waals surface area contributed by atoms with Crippen molar-refractivity contribution in [3.8, 4) is 11.1 Å². The molecule has 1 unspecified atom stereocenters. The molecule has 9 nitrogen and oxygen atoms in total. The van der Waals surface area contributed by atoms with Crippen LogP contribution in [0.5, 0.6) is 0 Å². The van der Waals surface area contributed by atoms with Crippen LogP contribution in [0.4, 0.5) is 4.39 Å². The highest BCUT2D eigenvalue weighted by atomic mass is 32.2. The second-order valence-corrected chi connectivity index (χ2v) is 10.6. The highest BCUT2D eigenvalue weighted by Gasteiger charge is 2.36. The van der Waals surface area contributed by atoms with Crippen LogP contribution in [-0.4, -0.2) is 77.1 Å². The van der Waals surface area contributed by atoms with Gasteiger partial charge in [-0.2, -0.15) is 4.39 Å². The minimum absolute atomic E-state index is 0.0305. The van der Waals surface area contributed by atoms with Crippen LogP contribution in [0, 0.1) is 5.95 Å². The number of thiazole rings is 1. The van der Waals surface area contributed by atoms with E-state index in [1.807, 2.05) is 6.07 Å². The topological polar surface area (TPSA) is 120 Å². The van der Waals surface area contributed by atoms with E-state index in [1.165, 1.54) is 19.4 Å². The first kappa shape index (κ1) is 26.1. The zero-order valence-electron chi connectivity index (χ0n) is 18.9. The second kappa shape index (κ2) is 12.3. The Morgan fingerprint density at radius 3 is 2.56 bits per heavy atom. The summed E-state index contributed by atoms with van der Waals surface area (Å²) in [6.07, 6.45) is 1.42. The number of rotatable bonds is 13. The number of hydrogen-bond donors (Lipinski definition) is 2. The summed E-state index contributed by atoms with van der Waals surface area (Å²) in [6.45, 7) is 1.84. The minimum Gasteiger partial charge on any atom is -0.384 e. The summed E-state index contributed by atoms with van der Waals surface area (Å²) in [5.41, 5.74) is 2.06. The molecule has 0 bridgehead atoms. The van der Waals surface area contributed by atoms with Gasteiger partial charge in [0.2, 0.25) is 11.9 Å². The van der Waals surface area contributed by atoms with E-state index in [9.17, 15) is 17.6 Å². The predicted molar refractivity (Wildman–Crippen MR) is 129 cm³/mol. The zero-order valence-corrected chi connectivity index (χ0v) is 20.5. The Balaban J connectivity index is 1.86. The molecule has 0 spiro atoms. The number of ether oxygens (including phenoxy) is 2. The van der Waals surface area contributed by atoms with Gasteiger partial charge in [-0.25, -0.2) is 18.4 Å². The van der Waals surface area contributed by atoms with Crippen LogP contribution >= 0.6 is 11.3 Å². The third kappa shape index (κ3) is 6.76. The highest BCUT2D eigenvalue weighted by molar-refractivity contribution is 7.92. The number of sulfone groups is 1. The van der Waals surface area contributed by atoms with Gasteiger partial charge >= 0.3 is 0 Å². The summed E-state index contributed by atoms with van der Waals surface area (Å²) in [5, 5.41) is 4.51. The number of nitrogens with zero attached hydrogens (tertiary/aromatic N) is 2. The van der Waals surface area contributed by atoms with E-state index in [-0.39, 0.29) is 23.9 Å². The Morgan fingerprint density at radius 2 is 1.85 bits per heavy atom. The Morgan fingerprint density at radius 1 is 1.09 bits per heavy atom. The van der Waals surface area contributed by atoms with Crippen molar-refractivity contribution in [1.29, 1.82) is 0 Å². The average molecular weight is 511 g/mol. The van der Waals surface area contributed by atoms with Crippen molar-refractivity contribution < 1.29 is 27.1 Å². The summed E-state index contributed by atoms with van der Waals surface area (Å²) in [6, 6.07) is 8.23. The molecule has 3 aromatic rings. The molecule has 0 aliphatic heterocycles. The molecule has 12 heteroatoms. The molecule has 2 heterocycles. The molecular formula is C22H27FN4O5S2. The lowest BCUT2D eigenvalue weighted by molar-refractivity contribution is -0.120. The number of methoxy groups -OCH3 is 2. The van der Waals surface area contributed by atoms with E-state index in [4.69, 9.17) is 9.47 Å². The summed E-state index contributed by atoms with van der Waals surface area (Å²) in [5.74, 6) is -1.52. The van der Waals surface area contributed by atoms with Crippen molar-refractivity contribution in [3.63, 3.8) is 0 Å². The molecule has 0 saturated carbocycles. The number of halogens is 1. The van der Waals surface area contributed by atoms with Crippen molar-refractivity contribution in [2.75, 3.05) is 52.8 Å². The van der Waals surface area contributed by atoms with Crippen LogP contribution in [0.3, 0.4) is 0 Å². The number of benzene rings is 1. The molecule has 0 fully saturated rings. The van der Waals surface area contributed by atoms with Crippen molar-refractivity contribution in [2.45, 2.75) is 5.25 Å². The molecule has 34 heavy (non-hydrogen) atoms. The maximum atomic E-state index is 13.2. The SMILES string of the molecule is COCCNCCNC(=O)C(c1nc2ccc(-c3ccc(F)nc3)cc2s1)S(=O)(=O)CCOC. The summed E-state index contributed by atoms with van der Waals surface area (Å²) in [7, 11) is -0.888. The normalized spacial score (nSPS) is 12.7. The average Bonchev–Trinajstić information content (AvgIpc) is 3.22. The van der Waals surface area contributed by atoms with Gasteiger partial charge in [-0.1, -0.05) is 6.07 Å². The molecule has 0 aliphatic carbocycles. The van der Waals surface area contributed by atoms with Gasteiger partial charge in [0.05, 0.1) is 29.2 Å². The van der Waals surface area contributed by atoms with Gasteiger partial charge < -0.3 is 20.1 Å². The van der Waals surface area contributed by atoms with Crippen molar-refractivity contribution in [1.82, 2.24) is 20.6 Å². The van der Waals surface area contributed by atoms with E-state index >= 15 is 0 Å². The van der Waals surface area contributed by atoms with Gasteiger partial charge in [-0.15, -0.1) is 11.3 Å². The van der Waals surface area contributed by atoms with Gasteiger partial charge in [0.1, 0.15) is 5.01 Å². The number of nitrogens with one attached hydrogen (secondary N) is 2. The molecule has 2 aromatic heterocycles. The van der Waals surface area contributed by atoms with Gasteiger partial charge in [0.25, 0.3) is 0 Å². The van der Waals surface area contributed by atoms with Gasteiger partial charge in [-0.05, 0) is 29.8 Å². The largest absolute Gasteiger partial charge is 0.384 e. The fourth-order valence-corrected chi connectivity index (χ4v) is 6.17. The minimum atomic E-state index is -3.88. The summed E-state index contributed by atoms with van der Waals surface area (Å²) < 4.78 is 49.8. The molecule has 0 radical (unpaired) electrons. The van der Waals surface area contributed by atoms with Crippen LogP contribution in [0.15, 0.2) is 36.5 Å². The molecular weight excluding hydrogens is 483 g/mol. The van der Waals surface area contributed by atoms with E-state index in [0.29, 0.717) is 35.5 Å². The third-order valence-electron chi connectivity index (χ3n) is 4.94. The number of fused-ring (bicyclic) bond motifs is 1. The van der Waals surface area contributed by atoms with E-state index in [0.717, 1.165) is 16.9 Å². The Kier molecular flexibility index (Phi) is 9.42. The van der Waals surface area contributed by atoms with Gasteiger partial charge in [0.15, 0.2) is 15.1 Å². The molecule has 184 valence electrons. The molecule has 3 rings (SSSR count). The lowest BCUT2D eigenvalue weighted by atomic mass is 10.1. The molecule has 1 amide bonds. The van der Waals surface area contributed by atoms with E-state index < -0.39 is 26.9 Å². The smallest absolute Gasteiger partial charge is 0.245 e. The first-order chi connectivity index (χ1) is 16.4. The highest BCUT2D eigenvalue weighted by Crippen LogP contribution is 2.34. The molecule has 0 aliphatic rings. The standard InChI is InChI=1S/C22H27FN4O5S2/c1-31-10-9-24-7-8-25-21(28)20(34(29,30)12-11-32-2)22-27-17-5-3-15(13-18(17)33-22)16-4-6-19(23)26-14-16/h3-6,13-14,20,24H,7-12H2,1-2H3,(H,25,28). The van der Waals surface area contributed by atoms with Crippen molar-refractivity contribution >= 4 is 37.3 Å². The summed E-state index contributed by atoms with van der Waals surface area (Å²) in [4.78, 5) is 21.1. The fourth-order valence-electron chi connectivity index (χ4n) is 3.19. The third-order valence-corrected chi connectivity index (χ3v) is 8.07. The molecule has 0 saturated heterocycles. The number of amides is 1. The first-order valence-electron chi connectivity index (χ1n) is 10.6. The lowest BCUT2D eigenvalue weighted by Crippen LogP contribution is -2.39. The van der Waals surface area contributed by atoms with Crippen LogP contribution in [-0.2, 0) is 24.1 Å². The molecule has 2 N–H and O–H groups in total. The van der Waals surface area contributed by atoms with Crippen LogP contribution in [0.2, 0.25) is 0 Å². The number of hydrogen-bond acceptors (Lipinski definition) is 9. The Bertz CT molecular complexity index is 1200. The second-order valence-electron chi connectivity index (χ2n) is 7.38. The van der Waals surface area contributed by atoms with Crippen molar-refractivity contribution in [3.05, 3.63) is 47.5 Å². The van der Waals surface area contributed by atoms with Crippen LogP contribution in [0.25, 0.3) is 21.3 Å². The zero-order chi connectivity index (χ0) is 24.6. The van der Waals surface area contributed by atoms with Crippen LogP contribution < -0.4 is 10.6 Å². The molecule has 1 aromatic carbocycles. The maximum absolute atomic E-state index is 13.2. The fraction of sp³-hybridized carbons (Fsp3) is 0.409. The number of pyridine rings is 1. The van der Waals surface area contributed by atoms with E-state index in [1.54, 1.807) is 25.3 Å². The molecule has 1 atom stereocenters. The Labute approximate surface area is 201 Å². The number of aromatic nitrogens is 2. The quantitative estimate of drug-likeness (QED) is 0.265. The number of carbonyl (C=O) groups excluding carboxylic acids is 1. The van der Waals surface area contributed by atoms with Gasteiger partial charge in [0, 0.05) is 45.6 Å². The first-order valence-corrected chi connectivity index (χ1v) is 13.1. The number of carbonyl (C=O) groups is 1. The Hall–Kier alpha value is -2.51. The van der Waals surface area contributed by atoms with E-state index in [2.05, 4.69) is 20.6 Å². The van der Waals surface area contributed by atoms with Crippen molar-refractivity contribution in [2.24, 2.45) is 0 Å². The predicted octanol–water partition coefficient (Wildman–Crippen LogP) is 1.95. The van der Waals surface area contributed by atoms with Gasteiger partial charge in [-0.3, -0.25) is 4.79 Å². The monoisotopic (exact) mass is 510 g/mol. The lowest BCUT2D eigenvalue weighted by Gasteiger charge is -2.15. The summed E-state index contributed by atoms with van der Waals surface area (Å²) >= 11 is 1.14.